The lowest BCUT2D eigenvalue weighted by atomic mass is 10.0. The number of carbonyl (C=O) groups is 2. The number of alkyl halides is 1. The second kappa shape index (κ2) is 7.47. The Morgan fingerprint density at radius 2 is 1.84 bits per heavy atom. The molecule has 0 heterocycles. The molecule has 1 atom stereocenters. The van der Waals surface area contributed by atoms with Crippen LogP contribution in [0.15, 0.2) is 24.3 Å². The van der Waals surface area contributed by atoms with E-state index in [-0.39, 0.29) is 22.3 Å². The first-order valence-corrected chi connectivity index (χ1v) is 7.30. The van der Waals surface area contributed by atoms with Crippen LogP contribution in [0.5, 0.6) is 0 Å². The van der Waals surface area contributed by atoms with Crippen LogP contribution in [0.25, 0.3) is 0 Å². The summed E-state index contributed by atoms with van der Waals surface area (Å²) in [6.45, 7) is 4.47. The summed E-state index contributed by atoms with van der Waals surface area (Å²) < 4.78 is 4.22. The van der Waals surface area contributed by atoms with Gasteiger partial charge in [0.05, 0.1) is 7.11 Å². The monoisotopic (exact) mass is 375 g/mol. The van der Waals surface area contributed by atoms with Crippen molar-refractivity contribution in [2.75, 3.05) is 13.7 Å². The zero-order chi connectivity index (χ0) is 14.4. The van der Waals surface area contributed by atoms with Gasteiger partial charge in [-0.15, -0.1) is 0 Å². The van der Waals surface area contributed by atoms with Gasteiger partial charge in [0.15, 0.2) is 0 Å². The molecular weight excluding hydrogens is 357 g/mol. The lowest BCUT2D eigenvalue weighted by Crippen LogP contribution is -2.33. The number of hydrogen-bond acceptors (Lipinski definition) is 3. The molecule has 0 spiro atoms. The Hall–Kier alpha value is -1.11. The lowest BCUT2D eigenvalue weighted by molar-refractivity contribution is -0.139. The zero-order valence-electron chi connectivity index (χ0n) is 11.3. The van der Waals surface area contributed by atoms with Gasteiger partial charge in [-0.1, -0.05) is 48.6 Å². The number of esters is 1. The van der Waals surface area contributed by atoms with E-state index in [0.717, 1.165) is 0 Å². The largest absolute Gasteiger partial charge is 0.468 e. The molecule has 0 aliphatic heterocycles. The molecule has 1 aromatic rings. The minimum atomic E-state index is -0.374. The number of rotatable bonds is 5. The second-order valence-corrected chi connectivity index (χ2v) is 5.98. The quantitative estimate of drug-likeness (QED) is 0.489. The zero-order valence-corrected chi connectivity index (χ0v) is 13.4. The molecule has 5 heteroatoms. The summed E-state index contributed by atoms with van der Waals surface area (Å²) in [6.07, 6.45) is 0. The maximum atomic E-state index is 11.9. The van der Waals surface area contributed by atoms with E-state index in [1.807, 2.05) is 34.7 Å². The lowest BCUT2D eigenvalue weighted by Gasteiger charge is -2.10. The average molecular weight is 375 g/mol. The summed E-state index contributed by atoms with van der Waals surface area (Å²) in [6, 6.07) is 7.48. The van der Waals surface area contributed by atoms with Gasteiger partial charge in [0.25, 0.3) is 5.91 Å². The first-order chi connectivity index (χ1) is 8.95. The summed E-state index contributed by atoms with van der Waals surface area (Å²) in [4.78, 5) is 23.1. The van der Waals surface area contributed by atoms with E-state index >= 15 is 0 Å². The number of ether oxygens (including phenoxy) is 1. The summed E-state index contributed by atoms with van der Waals surface area (Å²) >= 11 is 1.94. The predicted molar refractivity (Wildman–Crippen MR) is 82.7 cm³/mol. The number of nitrogens with one attached hydrogen (secondary N) is 1. The third-order valence-electron chi connectivity index (χ3n) is 2.74. The van der Waals surface area contributed by atoms with Crippen LogP contribution in [0.3, 0.4) is 0 Å². The molecule has 4 nitrogen and oxygen atoms in total. The highest BCUT2D eigenvalue weighted by atomic mass is 127. The van der Waals surface area contributed by atoms with Crippen molar-refractivity contribution >= 4 is 34.5 Å². The van der Waals surface area contributed by atoms with Crippen molar-refractivity contribution in [3.63, 3.8) is 0 Å². The highest BCUT2D eigenvalue weighted by Crippen LogP contribution is 2.14. The molecule has 104 valence electrons. The van der Waals surface area contributed by atoms with Crippen LogP contribution >= 0.6 is 22.6 Å². The molecule has 0 fully saturated rings. The molecule has 0 saturated carbocycles. The van der Waals surface area contributed by atoms with E-state index in [0.29, 0.717) is 11.5 Å². The van der Waals surface area contributed by atoms with Crippen LogP contribution in [0, 0.1) is 0 Å². The van der Waals surface area contributed by atoms with E-state index in [1.165, 1.54) is 12.7 Å². The van der Waals surface area contributed by atoms with Crippen LogP contribution in [-0.4, -0.2) is 29.5 Å². The van der Waals surface area contributed by atoms with Crippen molar-refractivity contribution in [3.05, 3.63) is 35.4 Å². The first-order valence-electron chi connectivity index (χ1n) is 6.05. The van der Waals surface area contributed by atoms with Gasteiger partial charge in [0.2, 0.25) is 0 Å². The minimum absolute atomic E-state index is 0.180. The Kier molecular flexibility index (Phi) is 6.27. The Labute approximate surface area is 127 Å². The van der Waals surface area contributed by atoms with Crippen molar-refractivity contribution < 1.29 is 14.3 Å². The molecule has 1 N–H and O–H groups in total. The fraction of sp³-hybridized carbons (Fsp3) is 0.429. The fourth-order valence-corrected chi connectivity index (χ4v) is 1.99. The number of hydrogen-bond donors (Lipinski definition) is 1. The normalized spacial score (nSPS) is 12.1. The van der Waals surface area contributed by atoms with Crippen molar-refractivity contribution in [3.8, 4) is 0 Å². The molecule has 0 aliphatic carbocycles. The van der Waals surface area contributed by atoms with Gasteiger partial charge in [0.1, 0.15) is 3.92 Å². The molecular formula is C14H18INO3. The standard InChI is InChI=1S/C14H18INO3/c1-9(2)10-4-6-11(7-5-10)13(17)16-8-12(15)14(18)19-3/h4-7,9,12H,8H2,1-3H3,(H,16,17). The van der Waals surface area contributed by atoms with E-state index < -0.39 is 0 Å². The Balaban J connectivity index is 2.56. The van der Waals surface area contributed by atoms with Crippen LogP contribution < -0.4 is 5.32 Å². The third-order valence-corrected chi connectivity index (χ3v) is 3.69. The van der Waals surface area contributed by atoms with Crippen molar-refractivity contribution in [1.82, 2.24) is 5.32 Å². The molecule has 0 bridgehead atoms. The summed E-state index contributed by atoms with van der Waals surface area (Å²) in [7, 11) is 1.33. The summed E-state index contributed by atoms with van der Waals surface area (Å²) in [5.74, 6) is -0.0768. The van der Waals surface area contributed by atoms with Crippen molar-refractivity contribution in [2.45, 2.75) is 23.7 Å². The average Bonchev–Trinajstić information content (AvgIpc) is 2.43. The van der Waals surface area contributed by atoms with Crippen LogP contribution in [0.4, 0.5) is 0 Å². The van der Waals surface area contributed by atoms with Crippen molar-refractivity contribution in [1.29, 1.82) is 0 Å². The highest BCUT2D eigenvalue weighted by molar-refractivity contribution is 14.1. The van der Waals surface area contributed by atoms with E-state index in [9.17, 15) is 9.59 Å². The van der Waals surface area contributed by atoms with Crippen molar-refractivity contribution in [2.24, 2.45) is 0 Å². The molecule has 0 aromatic heterocycles. The second-order valence-electron chi connectivity index (χ2n) is 4.48. The predicted octanol–water partition coefficient (Wildman–Crippen LogP) is 2.52. The number of methoxy groups -OCH3 is 1. The highest BCUT2D eigenvalue weighted by Gasteiger charge is 2.16. The Morgan fingerprint density at radius 3 is 2.32 bits per heavy atom. The van der Waals surface area contributed by atoms with Gasteiger partial charge in [-0.2, -0.15) is 0 Å². The van der Waals surface area contributed by atoms with E-state index in [4.69, 9.17) is 0 Å². The molecule has 1 amide bonds. The number of halogens is 1. The topological polar surface area (TPSA) is 55.4 Å². The SMILES string of the molecule is COC(=O)C(I)CNC(=O)c1ccc(C(C)C)cc1. The fourth-order valence-electron chi connectivity index (χ4n) is 1.51. The molecule has 0 aliphatic rings. The van der Waals surface area contributed by atoms with Crippen LogP contribution in [0.2, 0.25) is 0 Å². The molecule has 1 rings (SSSR count). The molecule has 0 radical (unpaired) electrons. The van der Waals surface area contributed by atoms with Gasteiger partial charge in [0, 0.05) is 12.1 Å². The third kappa shape index (κ3) is 4.81. The van der Waals surface area contributed by atoms with Crippen LogP contribution in [0.1, 0.15) is 35.7 Å². The van der Waals surface area contributed by atoms with Gasteiger partial charge >= 0.3 is 5.97 Å². The van der Waals surface area contributed by atoms with E-state index in [1.54, 1.807) is 12.1 Å². The van der Waals surface area contributed by atoms with Gasteiger partial charge in [-0.25, -0.2) is 0 Å². The maximum absolute atomic E-state index is 11.9. The smallest absolute Gasteiger partial charge is 0.320 e. The Bertz CT molecular complexity index is 443. The first kappa shape index (κ1) is 15.9. The molecule has 1 unspecified atom stereocenters. The maximum Gasteiger partial charge on any atom is 0.320 e. The Morgan fingerprint density at radius 1 is 1.26 bits per heavy atom. The summed E-state index contributed by atoms with van der Waals surface area (Å²) in [5, 5.41) is 2.72. The molecule has 19 heavy (non-hydrogen) atoms. The van der Waals surface area contributed by atoms with Crippen LogP contribution in [-0.2, 0) is 9.53 Å². The number of benzene rings is 1. The molecule has 0 saturated heterocycles. The molecule has 1 aromatic carbocycles. The summed E-state index contributed by atoms with van der Waals surface area (Å²) in [5.41, 5.74) is 1.79. The number of amides is 1. The minimum Gasteiger partial charge on any atom is -0.468 e. The van der Waals surface area contributed by atoms with Gasteiger partial charge < -0.3 is 10.1 Å². The number of carbonyl (C=O) groups excluding carboxylic acids is 2. The van der Waals surface area contributed by atoms with Gasteiger partial charge in [-0.05, 0) is 23.6 Å². The van der Waals surface area contributed by atoms with Gasteiger partial charge in [-0.3, -0.25) is 9.59 Å². The van der Waals surface area contributed by atoms with E-state index in [2.05, 4.69) is 23.9 Å².